The molecule has 0 N–H and O–H groups in total. The van der Waals surface area contributed by atoms with E-state index in [1.807, 2.05) is 80.0 Å². The van der Waals surface area contributed by atoms with Crippen molar-refractivity contribution in [3.05, 3.63) is 124 Å². The van der Waals surface area contributed by atoms with Crippen LogP contribution in [0.1, 0.15) is 18.9 Å². The van der Waals surface area contributed by atoms with Gasteiger partial charge in [-0.1, -0.05) is 30.3 Å². The Bertz CT molecular complexity index is 1330. The molecule has 2 saturated heterocycles. The zero-order chi connectivity index (χ0) is 31.2. The van der Waals surface area contributed by atoms with Crippen molar-refractivity contribution in [1.29, 1.82) is 0 Å². The molecular formula is C29H29BMoN7O6+. The number of nitrogens with zero attached hydrogens (tertiary/aromatic N) is 7. The Balaban J connectivity index is 0.000000282. The fourth-order valence-corrected chi connectivity index (χ4v) is 4.95. The van der Waals surface area contributed by atoms with Gasteiger partial charge in [0.15, 0.2) is 0 Å². The third-order valence-electron chi connectivity index (χ3n) is 6.79. The molecule has 1 aromatic carbocycles. The van der Waals surface area contributed by atoms with Gasteiger partial charge in [-0.25, -0.2) is 20.1 Å². The number of aromatic nitrogens is 6. The molecule has 0 spiro atoms. The number of carbonyl (C=O) groups is 2. The predicted molar refractivity (Wildman–Crippen MR) is 150 cm³/mol. The molecule has 0 unspecified atom stereocenters. The Morgan fingerprint density at radius 3 is 1.86 bits per heavy atom. The van der Waals surface area contributed by atoms with Gasteiger partial charge in [0.1, 0.15) is 18.5 Å². The fraction of sp³-hybridized carbons (Fsp3) is 0.241. The Kier molecular flexibility index (Phi) is 15.3. The molecule has 2 aliphatic heterocycles. The second-order valence-electron chi connectivity index (χ2n) is 9.18. The number of carbonyl (C=O) groups excluding carboxylic acids is 2. The Labute approximate surface area is 270 Å². The van der Waals surface area contributed by atoms with Crippen LogP contribution < -0.4 is 0 Å². The molecule has 1 amide bonds. The summed E-state index contributed by atoms with van der Waals surface area (Å²) in [5.41, 5.74) is 0.930. The Hall–Kier alpha value is -4.02. The van der Waals surface area contributed by atoms with Crippen molar-refractivity contribution in [3.8, 4) is 0 Å². The molecule has 3 aromatic heterocycles. The van der Waals surface area contributed by atoms with Crippen LogP contribution in [0.25, 0.3) is 0 Å². The van der Waals surface area contributed by atoms with Crippen LogP contribution in [0, 0.1) is 38.2 Å². The molecule has 2 fully saturated rings. The van der Waals surface area contributed by atoms with E-state index in [0.29, 0.717) is 12.5 Å². The van der Waals surface area contributed by atoms with Gasteiger partial charge in [-0.05, 0) is 62.1 Å². The Morgan fingerprint density at radius 2 is 1.43 bits per heavy atom. The quantitative estimate of drug-likeness (QED) is 0.166. The van der Waals surface area contributed by atoms with Crippen molar-refractivity contribution in [2.75, 3.05) is 7.11 Å². The van der Waals surface area contributed by atoms with Crippen LogP contribution in [0.3, 0.4) is 0 Å². The van der Waals surface area contributed by atoms with Crippen LogP contribution in [-0.2, 0) is 51.2 Å². The number of ether oxygens (including phenoxy) is 2. The van der Waals surface area contributed by atoms with E-state index in [1.54, 1.807) is 51.3 Å². The number of fused-ring (bicyclic) bond motifs is 2. The Morgan fingerprint density at radius 1 is 0.909 bits per heavy atom. The van der Waals surface area contributed by atoms with Crippen molar-refractivity contribution in [2.45, 2.75) is 32.0 Å². The first-order chi connectivity index (χ1) is 21.1. The number of rotatable bonds is 7. The van der Waals surface area contributed by atoms with E-state index in [2.05, 4.69) is 28.6 Å². The van der Waals surface area contributed by atoms with E-state index >= 15 is 0 Å². The summed E-state index contributed by atoms with van der Waals surface area (Å²) in [5.74, 6) is -0.117. The molecule has 6 rings (SSSR count). The van der Waals surface area contributed by atoms with Crippen molar-refractivity contribution in [3.63, 3.8) is 0 Å². The van der Waals surface area contributed by atoms with Gasteiger partial charge in [-0.3, -0.25) is 9.69 Å². The van der Waals surface area contributed by atoms with Crippen molar-refractivity contribution >= 4 is 19.0 Å². The molecule has 2 aliphatic rings. The fourth-order valence-electron chi connectivity index (χ4n) is 4.95. The van der Waals surface area contributed by atoms with E-state index in [1.165, 1.54) is 0 Å². The molecule has 224 valence electrons. The SMILES string of the molecule is CO[C]1[CH][CH][C@@H]2[C@H](C(C)=O)C[C@H]1N2C(=O)OCc1ccccc1.[C-]#[O+].[C-]#[O+].[Mo+2].c1cnn([B-](n2cccn2)n2cccn2)c1. The first-order valence-electron chi connectivity index (χ1n) is 13.0. The van der Waals surface area contributed by atoms with E-state index in [-0.39, 0.29) is 58.6 Å². The number of hydrogen-bond donors (Lipinski definition) is 0. The van der Waals surface area contributed by atoms with E-state index in [0.717, 1.165) is 5.56 Å². The van der Waals surface area contributed by atoms with Gasteiger partial charge in [0.2, 0.25) is 0 Å². The second-order valence-corrected chi connectivity index (χ2v) is 9.18. The molecule has 4 radical (unpaired) electrons. The number of ketones is 1. The number of benzene rings is 1. The van der Waals surface area contributed by atoms with Crippen LogP contribution in [0.15, 0.2) is 85.7 Å². The molecule has 44 heavy (non-hydrogen) atoms. The molecule has 3 atom stereocenters. The summed E-state index contributed by atoms with van der Waals surface area (Å²) >= 11 is 0. The zero-order valence-electron chi connectivity index (χ0n) is 23.9. The molecule has 0 aliphatic carbocycles. The number of amides is 1. The first kappa shape index (κ1) is 36.2. The zero-order valence-corrected chi connectivity index (χ0v) is 26.0. The van der Waals surface area contributed by atoms with E-state index < -0.39 is 6.09 Å². The molecule has 15 heteroatoms. The van der Waals surface area contributed by atoms with Gasteiger partial charge in [0.25, 0.3) is 7.12 Å². The molecule has 4 aromatic rings. The molecule has 5 heterocycles. The average molecular weight is 678 g/mol. The topological polar surface area (TPSA) is 149 Å². The summed E-state index contributed by atoms with van der Waals surface area (Å²) in [5, 5.41) is 12.7. The molecule has 0 saturated carbocycles. The van der Waals surface area contributed by atoms with Crippen LogP contribution in [0.2, 0.25) is 0 Å². The normalized spacial score (nSPS) is 18.2. The smallest absolute Gasteiger partial charge is 0.425 e. The third kappa shape index (κ3) is 8.77. The first-order valence-corrected chi connectivity index (χ1v) is 13.0. The standard InChI is InChI=1S/C18H20NO4.C9H9BN6.2CO.Mo/c1-12(20)14-10-16-17(22-2)9-8-15(14)19(16)18(21)23-11-13-6-4-3-5-7-13;1-4-11-14(7-1)10(15-8-2-5-12-15)16-9-3-6-13-16;2*1-2;/h3-9,14-16H,10-11H2,1-2H3;1-9H;;;/q;-1;;;+2/t14-,15+,16+;;;;/m0..../s1. The van der Waals surface area contributed by atoms with Gasteiger partial charge in [-0.2, -0.15) is 0 Å². The molecule has 2 bridgehead atoms. The van der Waals surface area contributed by atoms with Crippen molar-refractivity contribution in [1.82, 2.24) is 34.0 Å². The van der Waals surface area contributed by atoms with Crippen molar-refractivity contribution < 1.29 is 49.4 Å². The van der Waals surface area contributed by atoms with Crippen LogP contribution in [-0.4, -0.2) is 72.2 Å². The predicted octanol–water partition coefficient (Wildman–Crippen LogP) is 2.70. The molecular weight excluding hydrogens is 649 g/mol. The maximum atomic E-state index is 12.6. The summed E-state index contributed by atoms with van der Waals surface area (Å²) in [6.45, 7) is 10.8. The van der Waals surface area contributed by atoms with Gasteiger partial charge in [0.05, 0.1) is 6.04 Å². The maximum absolute atomic E-state index is 12.6. The van der Waals surface area contributed by atoms with E-state index in [4.69, 9.17) is 18.8 Å². The summed E-state index contributed by atoms with van der Waals surface area (Å²) < 4.78 is 31.2. The largest absolute Gasteiger partial charge is 2.00 e. The average Bonchev–Trinajstić information content (AvgIpc) is 3.89. The third-order valence-corrected chi connectivity index (χ3v) is 6.79. The summed E-state index contributed by atoms with van der Waals surface area (Å²) in [6.07, 6.45) is 15.4. The van der Waals surface area contributed by atoms with Crippen molar-refractivity contribution in [2.24, 2.45) is 5.92 Å². The van der Waals surface area contributed by atoms with Gasteiger partial charge in [0, 0.05) is 44.1 Å². The summed E-state index contributed by atoms with van der Waals surface area (Å²) in [4.78, 5) is 26.1. The van der Waals surface area contributed by atoms with Gasteiger partial charge >= 0.3 is 49.8 Å². The summed E-state index contributed by atoms with van der Waals surface area (Å²) in [6, 6.07) is 14.7. The number of hydrogen-bond acceptors (Lipinski definition) is 7. The minimum atomic E-state index is -0.411. The monoisotopic (exact) mass is 680 g/mol. The van der Waals surface area contributed by atoms with Gasteiger partial charge in [-0.15, -0.1) is 0 Å². The van der Waals surface area contributed by atoms with Crippen LogP contribution >= 0.6 is 0 Å². The van der Waals surface area contributed by atoms with E-state index in [9.17, 15) is 9.59 Å². The molecule has 13 nitrogen and oxygen atoms in total. The number of piperidine rings is 1. The van der Waals surface area contributed by atoms with Crippen LogP contribution in [0.4, 0.5) is 4.79 Å². The second kappa shape index (κ2) is 18.6. The minimum Gasteiger partial charge on any atom is -0.425 e. The summed E-state index contributed by atoms with van der Waals surface area (Å²) in [7, 11) is 1.38. The van der Waals surface area contributed by atoms with Gasteiger partial charge < -0.3 is 23.3 Å². The van der Waals surface area contributed by atoms with Crippen LogP contribution in [0.5, 0.6) is 0 Å². The number of Topliss-reactive ketones (excluding diaryl/α,β-unsaturated/α-hetero) is 1. The minimum absolute atomic E-state index is 0. The number of methoxy groups -OCH3 is 1. The maximum Gasteiger partial charge on any atom is 2.00 e.